The zero-order chi connectivity index (χ0) is 18.2. The van der Waals surface area contributed by atoms with Gasteiger partial charge in [0.15, 0.2) is 5.78 Å². The van der Waals surface area contributed by atoms with Crippen LogP contribution in [0, 0.1) is 0 Å². The summed E-state index contributed by atoms with van der Waals surface area (Å²) < 4.78 is 9.70. The van der Waals surface area contributed by atoms with Crippen LogP contribution in [0.4, 0.5) is 0 Å². The monoisotopic (exact) mass is 355 g/mol. The van der Waals surface area contributed by atoms with Crippen LogP contribution in [-0.2, 0) is 23.9 Å². The van der Waals surface area contributed by atoms with Crippen molar-refractivity contribution in [1.29, 1.82) is 0 Å². The minimum absolute atomic E-state index is 0.0321. The summed E-state index contributed by atoms with van der Waals surface area (Å²) in [4.78, 5) is 47.9. The third-order valence-electron chi connectivity index (χ3n) is 3.15. The molecule has 0 fully saturated rings. The van der Waals surface area contributed by atoms with Gasteiger partial charge in [0.05, 0.1) is 19.6 Å². The zero-order valence-corrected chi connectivity index (χ0v) is 14.1. The highest BCUT2D eigenvalue weighted by molar-refractivity contribution is 6.30. The molecule has 0 aliphatic rings. The Kier molecular flexibility index (Phi) is 7.38. The summed E-state index contributed by atoms with van der Waals surface area (Å²) in [6.45, 7) is 3.01. The molecule has 0 bridgehead atoms. The van der Waals surface area contributed by atoms with Crippen LogP contribution in [0.2, 0.25) is 5.02 Å². The standard InChI is InChI=1S/C16H18ClNO6/c1-3-23-14(21)16(18-10-19,15(22)24-4-2)9-13(20)11-5-7-12(17)8-6-11/h5-8,10H,3-4,9H2,1-2H3,(H,18,19). The maximum atomic E-state index is 12.4. The summed E-state index contributed by atoms with van der Waals surface area (Å²) in [5.41, 5.74) is -2.00. The number of Topliss-reactive ketones (excluding diaryl/α,β-unsaturated/α-hetero) is 1. The van der Waals surface area contributed by atoms with Crippen LogP contribution in [0.5, 0.6) is 0 Å². The van der Waals surface area contributed by atoms with E-state index in [1.165, 1.54) is 38.1 Å². The lowest BCUT2D eigenvalue weighted by Crippen LogP contribution is -2.60. The molecule has 0 aliphatic heterocycles. The van der Waals surface area contributed by atoms with Gasteiger partial charge < -0.3 is 14.8 Å². The molecule has 0 saturated heterocycles. The van der Waals surface area contributed by atoms with Crippen LogP contribution in [0.1, 0.15) is 30.6 Å². The number of amides is 1. The lowest BCUT2D eigenvalue weighted by Gasteiger charge is -2.27. The lowest BCUT2D eigenvalue weighted by atomic mass is 9.90. The van der Waals surface area contributed by atoms with Crippen LogP contribution in [0.25, 0.3) is 0 Å². The first-order valence-corrected chi connectivity index (χ1v) is 7.63. The highest BCUT2D eigenvalue weighted by atomic mass is 35.5. The van der Waals surface area contributed by atoms with E-state index in [-0.39, 0.29) is 25.2 Å². The Balaban J connectivity index is 3.21. The van der Waals surface area contributed by atoms with E-state index in [1.54, 1.807) is 0 Å². The maximum Gasteiger partial charge on any atom is 0.344 e. The number of rotatable bonds is 9. The van der Waals surface area contributed by atoms with Gasteiger partial charge in [0.25, 0.3) is 0 Å². The summed E-state index contributed by atoms with van der Waals surface area (Å²) in [6, 6.07) is 5.90. The molecule has 130 valence electrons. The van der Waals surface area contributed by atoms with Crippen LogP contribution < -0.4 is 5.32 Å². The van der Waals surface area contributed by atoms with Gasteiger partial charge in [-0.2, -0.15) is 0 Å². The molecule has 0 aromatic heterocycles. The SMILES string of the molecule is CCOC(=O)C(CC(=O)c1ccc(Cl)cc1)(NC=O)C(=O)OCC. The molecule has 1 aromatic carbocycles. The molecule has 7 nitrogen and oxygen atoms in total. The Bertz CT molecular complexity index is 595. The van der Waals surface area contributed by atoms with Crippen molar-refractivity contribution in [3.63, 3.8) is 0 Å². The number of ether oxygens (including phenoxy) is 2. The van der Waals surface area contributed by atoms with Crippen molar-refractivity contribution in [1.82, 2.24) is 5.32 Å². The summed E-state index contributed by atoms with van der Waals surface area (Å²) in [5.74, 6) is -2.67. The summed E-state index contributed by atoms with van der Waals surface area (Å²) in [5, 5.41) is 2.53. The second-order valence-electron chi connectivity index (χ2n) is 4.72. The van der Waals surface area contributed by atoms with Gasteiger partial charge in [0.2, 0.25) is 11.9 Å². The van der Waals surface area contributed by atoms with Crippen LogP contribution in [0.3, 0.4) is 0 Å². The Hall–Kier alpha value is -2.41. The minimum atomic E-state index is -2.23. The van der Waals surface area contributed by atoms with Gasteiger partial charge in [-0.05, 0) is 38.1 Å². The van der Waals surface area contributed by atoms with Crippen molar-refractivity contribution in [3.05, 3.63) is 34.9 Å². The number of benzene rings is 1. The molecule has 1 aromatic rings. The van der Waals surface area contributed by atoms with E-state index >= 15 is 0 Å². The smallest absolute Gasteiger partial charge is 0.344 e. The molecular formula is C16H18ClNO6. The van der Waals surface area contributed by atoms with Gasteiger partial charge in [-0.1, -0.05) is 11.6 Å². The molecule has 0 unspecified atom stereocenters. The molecule has 8 heteroatoms. The topological polar surface area (TPSA) is 98.8 Å². The molecule has 0 radical (unpaired) electrons. The average Bonchev–Trinajstić information content (AvgIpc) is 2.55. The fourth-order valence-corrected chi connectivity index (χ4v) is 2.11. The Morgan fingerprint density at radius 3 is 2.00 bits per heavy atom. The Morgan fingerprint density at radius 1 is 1.08 bits per heavy atom. The predicted molar refractivity (Wildman–Crippen MR) is 85.6 cm³/mol. The molecule has 0 aliphatic carbocycles. The quantitative estimate of drug-likeness (QED) is 0.312. The first kappa shape index (κ1) is 19.6. The van der Waals surface area contributed by atoms with E-state index in [9.17, 15) is 19.2 Å². The van der Waals surface area contributed by atoms with Crippen LogP contribution in [0.15, 0.2) is 24.3 Å². The molecule has 1 amide bonds. The van der Waals surface area contributed by atoms with Crippen molar-refractivity contribution in [2.24, 2.45) is 0 Å². The Morgan fingerprint density at radius 2 is 1.58 bits per heavy atom. The van der Waals surface area contributed by atoms with Gasteiger partial charge >= 0.3 is 11.9 Å². The van der Waals surface area contributed by atoms with E-state index in [2.05, 4.69) is 5.32 Å². The molecule has 0 saturated carbocycles. The minimum Gasteiger partial charge on any atom is -0.464 e. The van der Waals surface area contributed by atoms with Gasteiger partial charge in [0.1, 0.15) is 0 Å². The molecule has 0 heterocycles. The number of carbonyl (C=O) groups excluding carboxylic acids is 4. The summed E-state index contributed by atoms with van der Waals surface area (Å²) >= 11 is 5.76. The van der Waals surface area contributed by atoms with Gasteiger partial charge in [0, 0.05) is 10.6 Å². The normalized spacial score (nSPS) is 10.6. The van der Waals surface area contributed by atoms with E-state index in [0.717, 1.165) is 0 Å². The second kappa shape index (κ2) is 9.02. The molecule has 24 heavy (non-hydrogen) atoms. The third-order valence-corrected chi connectivity index (χ3v) is 3.40. The number of carbonyl (C=O) groups is 4. The van der Waals surface area contributed by atoms with Crippen LogP contribution in [-0.4, -0.2) is 42.9 Å². The fourth-order valence-electron chi connectivity index (χ4n) is 1.98. The Labute approximate surface area is 144 Å². The molecule has 1 rings (SSSR count). The highest BCUT2D eigenvalue weighted by Crippen LogP contribution is 2.20. The van der Waals surface area contributed by atoms with Crippen molar-refractivity contribution in [2.75, 3.05) is 13.2 Å². The molecule has 0 spiro atoms. The molecule has 1 N–H and O–H groups in total. The van der Waals surface area contributed by atoms with E-state index < -0.39 is 29.7 Å². The third kappa shape index (κ3) is 4.55. The number of nitrogens with one attached hydrogen (secondary N) is 1. The summed E-state index contributed by atoms with van der Waals surface area (Å²) in [6.07, 6.45) is -0.478. The van der Waals surface area contributed by atoms with Crippen molar-refractivity contribution < 1.29 is 28.7 Å². The number of hydrogen-bond acceptors (Lipinski definition) is 6. The number of hydrogen-bond donors (Lipinski definition) is 1. The highest BCUT2D eigenvalue weighted by Gasteiger charge is 2.50. The van der Waals surface area contributed by atoms with Gasteiger partial charge in [-0.25, -0.2) is 9.59 Å². The van der Waals surface area contributed by atoms with Gasteiger partial charge in [-0.15, -0.1) is 0 Å². The first-order chi connectivity index (χ1) is 11.4. The van der Waals surface area contributed by atoms with Crippen molar-refractivity contribution in [2.45, 2.75) is 25.8 Å². The predicted octanol–water partition coefficient (Wildman–Crippen LogP) is 1.52. The maximum absolute atomic E-state index is 12.4. The molecular weight excluding hydrogens is 338 g/mol. The van der Waals surface area contributed by atoms with Gasteiger partial charge in [-0.3, -0.25) is 9.59 Å². The van der Waals surface area contributed by atoms with Crippen molar-refractivity contribution in [3.8, 4) is 0 Å². The van der Waals surface area contributed by atoms with E-state index in [0.29, 0.717) is 5.02 Å². The van der Waals surface area contributed by atoms with E-state index in [1.807, 2.05) is 0 Å². The summed E-state index contributed by atoms with van der Waals surface area (Å²) in [7, 11) is 0. The zero-order valence-electron chi connectivity index (χ0n) is 13.3. The fraction of sp³-hybridized carbons (Fsp3) is 0.375. The van der Waals surface area contributed by atoms with Crippen molar-refractivity contribution >= 4 is 35.7 Å². The first-order valence-electron chi connectivity index (χ1n) is 7.25. The largest absolute Gasteiger partial charge is 0.464 e. The second-order valence-corrected chi connectivity index (χ2v) is 5.15. The number of halogens is 1. The average molecular weight is 356 g/mol. The lowest BCUT2D eigenvalue weighted by molar-refractivity contribution is -0.167. The number of esters is 2. The van der Waals surface area contributed by atoms with E-state index in [4.69, 9.17) is 21.1 Å². The molecule has 0 atom stereocenters. The van der Waals surface area contributed by atoms with Crippen LogP contribution >= 0.6 is 11.6 Å². The number of ketones is 1.